The van der Waals surface area contributed by atoms with Gasteiger partial charge in [-0.3, -0.25) is 4.79 Å². The summed E-state index contributed by atoms with van der Waals surface area (Å²) in [5.41, 5.74) is 5.28. The number of carbonyl (C=O) groups is 1. The number of hydrogen-bond acceptors (Lipinski definition) is 2. The minimum absolute atomic E-state index is 0.207. The Bertz CT molecular complexity index is 123. The van der Waals surface area contributed by atoms with Crippen molar-refractivity contribution in [3.8, 4) is 0 Å². The average Bonchev–Trinajstić information content (AvgIpc) is 1.87. The van der Waals surface area contributed by atoms with Gasteiger partial charge in [-0.2, -0.15) is 0 Å². The highest BCUT2D eigenvalue weighted by molar-refractivity contribution is 5.70. The van der Waals surface area contributed by atoms with Crippen LogP contribution in [0.25, 0.3) is 0 Å². The lowest BCUT2D eigenvalue weighted by Crippen LogP contribution is -2.20. The predicted octanol–water partition coefficient (Wildman–Crippen LogP) is 1.08. The van der Waals surface area contributed by atoms with Crippen molar-refractivity contribution in [3.05, 3.63) is 0 Å². The largest absolute Gasteiger partial charge is 0.481 e. The van der Waals surface area contributed by atoms with Gasteiger partial charge in [-0.1, -0.05) is 13.8 Å². The zero-order valence-corrected chi connectivity index (χ0v) is 7.21. The summed E-state index contributed by atoms with van der Waals surface area (Å²) >= 11 is 0. The summed E-state index contributed by atoms with van der Waals surface area (Å²) in [4.78, 5) is 10.6. The molecule has 0 spiro atoms. The van der Waals surface area contributed by atoms with Crippen LogP contribution in [0.15, 0.2) is 0 Å². The van der Waals surface area contributed by atoms with Gasteiger partial charge in [-0.05, 0) is 25.3 Å². The summed E-state index contributed by atoms with van der Waals surface area (Å²) in [6.07, 6.45) is 1.50. The van der Waals surface area contributed by atoms with Crippen molar-refractivity contribution in [1.29, 1.82) is 0 Å². The topological polar surface area (TPSA) is 63.3 Å². The Labute approximate surface area is 67.6 Å². The molecule has 0 aromatic rings. The molecule has 0 heterocycles. The van der Waals surface area contributed by atoms with Crippen LogP contribution in [-0.4, -0.2) is 17.6 Å². The van der Waals surface area contributed by atoms with Gasteiger partial charge in [0.15, 0.2) is 0 Å². The van der Waals surface area contributed by atoms with E-state index in [-0.39, 0.29) is 11.8 Å². The van der Waals surface area contributed by atoms with Gasteiger partial charge >= 0.3 is 5.97 Å². The molecule has 66 valence electrons. The zero-order valence-electron chi connectivity index (χ0n) is 7.21. The van der Waals surface area contributed by atoms with Crippen LogP contribution in [0, 0.1) is 11.8 Å². The second-order valence-electron chi connectivity index (χ2n) is 3.12. The van der Waals surface area contributed by atoms with Crippen LogP contribution < -0.4 is 5.73 Å². The van der Waals surface area contributed by atoms with Gasteiger partial charge in [0, 0.05) is 0 Å². The van der Waals surface area contributed by atoms with Crippen molar-refractivity contribution < 1.29 is 9.90 Å². The van der Waals surface area contributed by atoms with Gasteiger partial charge < -0.3 is 10.8 Å². The molecule has 3 heteroatoms. The first-order valence-electron chi connectivity index (χ1n) is 4.02. The van der Waals surface area contributed by atoms with Crippen LogP contribution in [0.5, 0.6) is 0 Å². The minimum atomic E-state index is -0.701. The molecule has 1 unspecified atom stereocenters. The summed E-state index contributed by atoms with van der Waals surface area (Å²) < 4.78 is 0. The molecule has 0 saturated carbocycles. The fraction of sp³-hybridized carbons (Fsp3) is 0.875. The van der Waals surface area contributed by atoms with Crippen molar-refractivity contribution in [2.24, 2.45) is 17.6 Å². The summed E-state index contributed by atoms with van der Waals surface area (Å²) in [5.74, 6) is -0.717. The number of carboxylic acid groups (broad SMARTS) is 1. The lowest BCUT2D eigenvalue weighted by atomic mass is 9.91. The van der Waals surface area contributed by atoms with Gasteiger partial charge in [0.2, 0.25) is 0 Å². The molecule has 1 atom stereocenters. The molecule has 0 aromatic heterocycles. The Morgan fingerprint density at radius 1 is 1.55 bits per heavy atom. The first-order valence-corrected chi connectivity index (χ1v) is 4.02. The lowest BCUT2D eigenvalue weighted by Gasteiger charge is -2.14. The van der Waals surface area contributed by atoms with E-state index in [0.717, 1.165) is 6.42 Å². The molecule has 11 heavy (non-hydrogen) atoms. The minimum Gasteiger partial charge on any atom is -0.481 e. The molecule has 0 aliphatic carbocycles. The maximum Gasteiger partial charge on any atom is 0.306 e. The van der Waals surface area contributed by atoms with Gasteiger partial charge in [0.1, 0.15) is 0 Å². The van der Waals surface area contributed by atoms with Crippen LogP contribution >= 0.6 is 0 Å². The third-order valence-electron chi connectivity index (χ3n) is 1.84. The Kier molecular flexibility index (Phi) is 4.86. The molecular weight excluding hydrogens is 142 g/mol. The monoisotopic (exact) mass is 159 g/mol. The summed E-state index contributed by atoms with van der Waals surface area (Å²) in [6, 6.07) is 0. The van der Waals surface area contributed by atoms with Crippen LogP contribution in [0.3, 0.4) is 0 Å². The average molecular weight is 159 g/mol. The number of nitrogens with two attached hydrogens (primary N) is 1. The standard InChI is InChI=1S/C8H17NO2/c1-6(2)7(8(10)11)4-3-5-9/h6-7H,3-5,9H2,1-2H3,(H,10,11). The van der Waals surface area contributed by atoms with Crippen molar-refractivity contribution >= 4 is 5.97 Å². The molecule has 0 saturated heterocycles. The highest BCUT2D eigenvalue weighted by Crippen LogP contribution is 2.16. The fourth-order valence-corrected chi connectivity index (χ4v) is 1.08. The first kappa shape index (κ1) is 10.4. The fourth-order valence-electron chi connectivity index (χ4n) is 1.08. The normalized spacial score (nSPS) is 13.5. The first-order chi connectivity index (χ1) is 5.09. The van der Waals surface area contributed by atoms with E-state index >= 15 is 0 Å². The van der Waals surface area contributed by atoms with E-state index in [1.54, 1.807) is 0 Å². The number of rotatable bonds is 5. The van der Waals surface area contributed by atoms with E-state index in [4.69, 9.17) is 10.8 Å². The second-order valence-corrected chi connectivity index (χ2v) is 3.12. The van der Waals surface area contributed by atoms with Crippen molar-refractivity contribution in [3.63, 3.8) is 0 Å². The molecule has 0 aliphatic rings. The second kappa shape index (κ2) is 5.13. The third-order valence-corrected chi connectivity index (χ3v) is 1.84. The molecule has 0 bridgehead atoms. The van der Waals surface area contributed by atoms with E-state index < -0.39 is 5.97 Å². The molecule has 0 amide bonds. The number of aliphatic carboxylic acids is 1. The van der Waals surface area contributed by atoms with Crippen LogP contribution in [-0.2, 0) is 4.79 Å². The van der Waals surface area contributed by atoms with Crippen LogP contribution in [0.4, 0.5) is 0 Å². The molecule has 0 aliphatic heterocycles. The third kappa shape index (κ3) is 3.98. The lowest BCUT2D eigenvalue weighted by molar-refractivity contribution is -0.143. The van der Waals surface area contributed by atoms with Crippen LogP contribution in [0.2, 0.25) is 0 Å². The maximum atomic E-state index is 10.6. The molecule has 0 aromatic carbocycles. The quantitative estimate of drug-likeness (QED) is 0.631. The SMILES string of the molecule is CC(C)C(CCCN)C(=O)O. The molecule has 0 rings (SSSR count). The van der Waals surface area contributed by atoms with E-state index in [2.05, 4.69) is 0 Å². The number of carboxylic acids is 1. The Morgan fingerprint density at radius 3 is 2.36 bits per heavy atom. The Balaban J connectivity index is 3.80. The molecule has 3 N–H and O–H groups in total. The van der Waals surface area contributed by atoms with Gasteiger partial charge in [-0.15, -0.1) is 0 Å². The Morgan fingerprint density at radius 2 is 2.09 bits per heavy atom. The highest BCUT2D eigenvalue weighted by atomic mass is 16.4. The van der Waals surface area contributed by atoms with E-state index in [1.165, 1.54) is 0 Å². The predicted molar refractivity (Wildman–Crippen MR) is 44.3 cm³/mol. The van der Waals surface area contributed by atoms with Crippen LogP contribution in [0.1, 0.15) is 26.7 Å². The smallest absolute Gasteiger partial charge is 0.306 e. The maximum absolute atomic E-state index is 10.6. The summed E-state index contributed by atoms with van der Waals surface area (Å²) in [7, 11) is 0. The molecule has 0 fully saturated rings. The van der Waals surface area contributed by atoms with E-state index in [0.29, 0.717) is 13.0 Å². The molecule has 0 radical (unpaired) electrons. The van der Waals surface area contributed by atoms with Gasteiger partial charge in [-0.25, -0.2) is 0 Å². The van der Waals surface area contributed by atoms with Crippen molar-refractivity contribution in [2.75, 3.05) is 6.54 Å². The van der Waals surface area contributed by atoms with Crippen molar-refractivity contribution in [2.45, 2.75) is 26.7 Å². The Hall–Kier alpha value is -0.570. The zero-order chi connectivity index (χ0) is 8.85. The summed E-state index contributed by atoms with van der Waals surface area (Å²) in [6.45, 7) is 4.43. The number of hydrogen-bond donors (Lipinski definition) is 2. The van der Waals surface area contributed by atoms with Gasteiger partial charge in [0.05, 0.1) is 5.92 Å². The van der Waals surface area contributed by atoms with Crippen molar-refractivity contribution in [1.82, 2.24) is 0 Å². The molecule has 3 nitrogen and oxygen atoms in total. The summed E-state index contributed by atoms with van der Waals surface area (Å²) in [5, 5.41) is 8.73. The highest BCUT2D eigenvalue weighted by Gasteiger charge is 2.19. The van der Waals surface area contributed by atoms with E-state index in [9.17, 15) is 4.79 Å². The van der Waals surface area contributed by atoms with Gasteiger partial charge in [0.25, 0.3) is 0 Å². The van der Waals surface area contributed by atoms with E-state index in [1.807, 2.05) is 13.8 Å². The molecular formula is C8H17NO2.